The monoisotopic (exact) mass is 351 g/mol. The van der Waals surface area contributed by atoms with Crippen LogP contribution in [-0.2, 0) is 0 Å². The predicted molar refractivity (Wildman–Crippen MR) is 57.1 cm³/mol. The van der Waals surface area contributed by atoms with Gasteiger partial charge >= 0.3 is 0 Å². The summed E-state index contributed by atoms with van der Waals surface area (Å²) in [5.74, 6) is 0. The first kappa shape index (κ1) is 12.1. The second-order valence-corrected chi connectivity index (χ2v) is 4.05. The van der Waals surface area contributed by atoms with E-state index in [0.29, 0.717) is 0 Å². The van der Waals surface area contributed by atoms with Crippen LogP contribution in [0, 0.1) is 3.57 Å². The molecule has 14 heavy (non-hydrogen) atoms. The van der Waals surface area contributed by atoms with Gasteiger partial charge in [0.05, 0.1) is 11.1 Å². The van der Waals surface area contributed by atoms with Crippen LogP contribution in [0.25, 0.3) is 0 Å². The van der Waals surface area contributed by atoms with Crippen LogP contribution >= 0.6 is 45.8 Å². The molecule has 0 amide bonds. The number of nitrogens with zero attached hydrogens (tertiary/aromatic N) is 1. The Morgan fingerprint density at radius 1 is 1.57 bits per heavy atom. The minimum atomic E-state index is -2.71. The Labute approximate surface area is 102 Å². The molecule has 0 bridgehead atoms. The van der Waals surface area contributed by atoms with Gasteiger partial charge < -0.3 is 0 Å². The number of rotatable bonds is 2. The molecule has 76 valence electrons. The van der Waals surface area contributed by atoms with Gasteiger partial charge in [-0.1, -0.05) is 11.6 Å². The van der Waals surface area contributed by atoms with Crippen LogP contribution in [0.4, 0.5) is 8.78 Å². The van der Waals surface area contributed by atoms with Gasteiger partial charge in [-0.15, -0.1) is 0 Å². The minimum Gasteiger partial charge on any atom is -0.275 e. The number of halogens is 5. The number of aromatic nitrogens is 1. The summed E-state index contributed by atoms with van der Waals surface area (Å²) in [6, 6.07) is 0. The van der Waals surface area contributed by atoms with Gasteiger partial charge in [-0.05, 0) is 34.2 Å². The summed E-state index contributed by atoms with van der Waals surface area (Å²) < 4.78 is 24.8. The van der Waals surface area contributed by atoms with Crippen molar-refractivity contribution in [1.82, 2.24) is 4.98 Å². The van der Waals surface area contributed by atoms with Crippen LogP contribution in [0.2, 0.25) is 5.15 Å². The quantitative estimate of drug-likeness (QED) is 0.462. The fourth-order valence-corrected chi connectivity index (χ4v) is 2.46. The van der Waals surface area contributed by atoms with E-state index in [0.717, 1.165) is 6.20 Å². The van der Waals surface area contributed by atoms with Gasteiger partial charge in [0.25, 0.3) is 11.7 Å². The molecule has 1 aromatic heterocycles. The van der Waals surface area contributed by atoms with Crippen LogP contribution in [0.1, 0.15) is 22.3 Å². The van der Waals surface area contributed by atoms with Crippen LogP contribution in [0.15, 0.2) is 6.20 Å². The second kappa shape index (κ2) is 4.67. The van der Waals surface area contributed by atoms with E-state index in [-0.39, 0.29) is 19.9 Å². The SMILES string of the molecule is O=C(Cl)c1c(Cl)ncc(C(F)F)c1I. The van der Waals surface area contributed by atoms with Crippen molar-refractivity contribution < 1.29 is 13.6 Å². The van der Waals surface area contributed by atoms with Crippen molar-refractivity contribution in [3.05, 3.63) is 26.0 Å². The Balaban J connectivity index is 3.41. The third-order valence-electron chi connectivity index (χ3n) is 1.43. The fraction of sp³-hybridized carbons (Fsp3) is 0.143. The van der Waals surface area contributed by atoms with E-state index >= 15 is 0 Å². The normalized spacial score (nSPS) is 10.7. The van der Waals surface area contributed by atoms with Gasteiger partial charge in [0.1, 0.15) is 5.15 Å². The highest BCUT2D eigenvalue weighted by atomic mass is 127. The maximum atomic E-state index is 12.4. The summed E-state index contributed by atoms with van der Waals surface area (Å²) in [4.78, 5) is 14.3. The summed E-state index contributed by atoms with van der Waals surface area (Å²) in [5, 5.41) is -1.06. The zero-order valence-corrected chi connectivity index (χ0v) is 10.1. The minimum absolute atomic E-state index is 0.0394. The first-order valence-electron chi connectivity index (χ1n) is 3.27. The lowest BCUT2D eigenvalue weighted by atomic mass is 10.2. The molecule has 7 heteroatoms. The van der Waals surface area contributed by atoms with Crippen molar-refractivity contribution in [1.29, 1.82) is 0 Å². The molecule has 0 atom stereocenters. The summed E-state index contributed by atoms with van der Waals surface area (Å²) in [6.45, 7) is 0. The largest absolute Gasteiger partial charge is 0.275 e. The molecule has 1 aromatic rings. The predicted octanol–water partition coefficient (Wildman–Crippen LogP) is 3.66. The Hall–Kier alpha value is -0.0100. The summed E-state index contributed by atoms with van der Waals surface area (Å²) in [5.41, 5.74) is -0.522. The molecule has 0 aliphatic heterocycles. The maximum Gasteiger partial charge on any atom is 0.266 e. The van der Waals surface area contributed by atoms with Gasteiger partial charge in [-0.25, -0.2) is 13.8 Å². The number of hydrogen-bond donors (Lipinski definition) is 0. The molecule has 0 unspecified atom stereocenters. The van der Waals surface area contributed by atoms with Crippen LogP contribution in [-0.4, -0.2) is 10.2 Å². The van der Waals surface area contributed by atoms with Crippen molar-refractivity contribution in [2.24, 2.45) is 0 Å². The first-order valence-corrected chi connectivity index (χ1v) is 5.10. The number of hydrogen-bond acceptors (Lipinski definition) is 2. The lowest BCUT2D eigenvalue weighted by Gasteiger charge is -2.06. The van der Waals surface area contributed by atoms with E-state index in [1.54, 1.807) is 22.6 Å². The zero-order valence-electron chi connectivity index (χ0n) is 6.40. The van der Waals surface area contributed by atoms with E-state index in [2.05, 4.69) is 4.98 Å². The van der Waals surface area contributed by atoms with E-state index in [1.807, 2.05) is 0 Å². The van der Waals surface area contributed by atoms with Crippen molar-refractivity contribution in [3.8, 4) is 0 Å². The molecule has 1 heterocycles. The molecule has 0 aliphatic rings. The highest BCUT2D eigenvalue weighted by Gasteiger charge is 2.21. The molecule has 0 spiro atoms. The second-order valence-electron chi connectivity index (χ2n) is 2.27. The Bertz CT molecular complexity index is 386. The molecule has 0 radical (unpaired) electrons. The smallest absolute Gasteiger partial charge is 0.266 e. The van der Waals surface area contributed by atoms with E-state index < -0.39 is 11.7 Å². The lowest BCUT2D eigenvalue weighted by molar-refractivity contribution is 0.107. The molecule has 0 aromatic carbocycles. The van der Waals surface area contributed by atoms with E-state index in [4.69, 9.17) is 23.2 Å². The molecule has 1 rings (SSSR count). The maximum absolute atomic E-state index is 12.4. The topological polar surface area (TPSA) is 30.0 Å². The highest BCUT2D eigenvalue weighted by molar-refractivity contribution is 14.1. The van der Waals surface area contributed by atoms with Crippen LogP contribution < -0.4 is 0 Å². The Morgan fingerprint density at radius 2 is 2.14 bits per heavy atom. The average molecular weight is 352 g/mol. The van der Waals surface area contributed by atoms with E-state index in [9.17, 15) is 13.6 Å². The summed E-state index contributed by atoms with van der Waals surface area (Å²) >= 11 is 12.3. The summed E-state index contributed by atoms with van der Waals surface area (Å²) in [7, 11) is 0. The third kappa shape index (κ3) is 2.32. The molecule has 2 nitrogen and oxygen atoms in total. The number of pyridine rings is 1. The summed E-state index contributed by atoms with van der Waals surface area (Å²) in [6.07, 6.45) is -1.78. The highest BCUT2D eigenvalue weighted by Crippen LogP contribution is 2.30. The van der Waals surface area contributed by atoms with Gasteiger partial charge in [-0.3, -0.25) is 4.79 Å². The number of carbonyl (C=O) groups is 1. The zero-order chi connectivity index (χ0) is 10.9. The van der Waals surface area contributed by atoms with Gasteiger partial charge in [0.15, 0.2) is 0 Å². The lowest BCUT2D eigenvalue weighted by Crippen LogP contribution is -2.02. The van der Waals surface area contributed by atoms with Crippen molar-refractivity contribution in [2.75, 3.05) is 0 Å². The number of alkyl halides is 2. The van der Waals surface area contributed by atoms with E-state index in [1.165, 1.54) is 0 Å². The Morgan fingerprint density at radius 3 is 2.57 bits per heavy atom. The van der Waals surface area contributed by atoms with Crippen molar-refractivity contribution >= 4 is 51.0 Å². The van der Waals surface area contributed by atoms with Crippen molar-refractivity contribution in [2.45, 2.75) is 6.43 Å². The molecule has 0 saturated carbocycles. The number of carbonyl (C=O) groups excluding carboxylic acids is 1. The first-order chi connectivity index (χ1) is 6.45. The molecule has 0 N–H and O–H groups in total. The molecular weight excluding hydrogens is 350 g/mol. The molecule has 0 saturated heterocycles. The third-order valence-corrected chi connectivity index (χ3v) is 3.07. The fourth-order valence-electron chi connectivity index (χ4n) is 0.802. The van der Waals surface area contributed by atoms with Gasteiger partial charge in [0, 0.05) is 9.77 Å². The Kier molecular flexibility index (Phi) is 4.03. The molecule has 0 fully saturated rings. The van der Waals surface area contributed by atoms with Crippen LogP contribution in [0.5, 0.6) is 0 Å². The molecular formula is C7H2Cl2F2INO. The molecule has 0 aliphatic carbocycles. The van der Waals surface area contributed by atoms with Crippen LogP contribution in [0.3, 0.4) is 0 Å². The van der Waals surface area contributed by atoms with Crippen molar-refractivity contribution in [3.63, 3.8) is 0 Å². The average Bonchev–Trinajstić information content (AvgIpc) is 2.02. The standard InChI is InChI=1S/C7H2Cl2F2INO/c8-5-3(6(9)14)4(12)2(1-13-5)7(10)11/h1,7H. The van der Waals surface area contributed by atoms with Gasteiger partial charge in [-0.2, -0.15) is 0 Å². The van der Waals surface area contributed by atoms with Gasteiger partial charge in [0.2, 0.25) is 0 Å².